The van der Waals surface area contributed by atoms with Crippen LogP contribution in [0.3, 0.4) is 0 Å². The molecule has 0 aliphatic carbocycles. The van der Waals surface area contributed by atoms with Gasteiger partial charge in [0.05, 0.1) is 22.1 Å². The van der Waals surface area contributed by atoms with Crippen molar-refractivity contribution < 1.29 is 4.79 Å². The number of hydrogen-bond donors (Lipinski definition) is 2. The summed E-state index contributed by atoms with van der Waals surface area (Å²) in [5, 5.41) is 3.34. The van der Waals surface area contributed by atoms with Gasteiger partial charge in [-0.25, -0.2) is 0 Å². The van der Waals surface area contributed by atoms with E-state index in [4.69, 9.17) is 17.3 Å². The molecule has 2 aromatic rings. The molecule has 0 saturated carbocycles. The molecule has 3 rings (SSSR count). The smallest absolute Gasteiger partial charge is 0.255 e. The molecule has 0 atom stereocenters. The molecule has 1 fully saturated rings. The van der Waals surface area contributed by atoms with Crippen LogP contribution in [0.4, 0.5) is 17.1 Å². The van der Waals surface area contributed by atoms with E-state index in [1.807, 2.05) is 24.3 Å². The van der Waals surface area contributed by atoms with Crippen molar-refractivity contribution in [3.63, 3.8) is 0 Å². The van der Waals surface area contributed by atoms with Crippen LogP contribution in [0.2, 0.25) is 5.02 Å². The zero-order valence-corrected chi connectivity index (χ0v) is 14.5. The fourth-order valence-electron chi connectivity index (χ4n) is 2.98. The van der Waals surface area contributed by atoms with E-state index < -0.39 is 0 Å². The van der Waals surface area contributed by atoms with Crippen LogP contribution in [0.25, 0.3) is 0 Å². The first-order chi connectivity index (χ1) is 11.5. The molecule has 5 heteroatoms. The zero-order chi connectivity index (χ0) is 17.1. The molecule has 0 bridgehead atoms. The number of nitrogen functional groups attached to an aromatic ring is 1. The first-order valence-corrected chi connectivity index (χ1v) is 8.63. The Balaban J connectivity index is 1.83. The molecule has 1 saturated heterocycles. The highest BCUT2D eigenvalue weighted by molar-refractivity contribution is 6.34. The van der Waals surface area contributed by atoms with E-state index in [0.29, 0.717) is 22.0 Å². The van der Waals surface area contributed by atoms with E-state index in [1.54, 1.807) is 18.2 Å². The second kappa shape index (κ2) is 7.14. The Morgan fingerprint density at radius 3 is 2.54 bits per heavy atom. The van der Waals surface area contributed by atoms with Crippen LogP contribution in [0.1, 0.15) is 30.1 Å². The maximum Gasteiger partial charge on any atom is 0.255 e. The standard InChI is InChI=1S/C19H22ClN3O/c1-13-7-9-23(10-8-13)18-12-17(15(20)11-16(18)21)22-19(24)14-5-3-2-4-6-14/h2-6,11-13H,7-10,21H2,1H3,(H,22,24). The van der Waals surface area contributed by atoms with Gasteiger partial charge in [0.25, 0.3) is 5.91 Å². The summed E-state index contributed by atoms with van der Waals surface area (Å²) in [7, 11) is 0. The third-order valence-electron chi connectivity index (χ3n) is 4.52. The van der Waals surface area contributed by atoms with Gasteiger partial charge in [0.15, 0.2) is 0 Å². The molecule has 0 radical (unpaired) electrons. The summed E-state index contributed by atoms with van der Waals surface area (Å²) in [5.41, 5.74) is 8.93. The summed E-state index contributed by atoms with van der Waals surface area (Å²) < 4.78 is 0. The Labute approximate surface area is 147 Å². The number of anilines is 3. The lowest BCUT2D eigenvalue weighted by molar-refractivity contribution is 0.102. The third kappa shape index (κ3) is 3.65. The van der Waals surface area contributed by atoms with Crippen molar-refractivity contribution in [1.82, 2.24) is 0 Å². The van der Waals surface area contributed by atoms with Gasteiger partial charge in [0.2, 0.25) is 0 Å². The van der Waals surface area contributed by atoms with Gasteiger partial charge in [-0.1, -0.05) is 36.7 Å². The fourth-order valence-corrected chi connectivity index (χ4v) is 3.20. The van der Waals surface area contributed by atoms with Gasteiger partial charge in [-0.15, -0.1) is 0 Å². The van der Waals surface area contributed by atoms with Gasteiger partial charge in [-0.2, -0.15) is 0 Å². The molecule has 0 aromatic heterocycles. The molecular weight excluding hydrogens is 322 g/mol. The van der Waals surface area contributed by atoms with Crippen molar-refractivity contribution >= 4 is 34.6 Å². The van der Waals surface area contributed by atoms with Crippen molar-refractivity contribution in [3.8, 4) is 0 Å². The average molecular weight is 344 g/mol. The number of nitrogens with zero attached hydrogens (tertiary/aromatic N) is 1. The second-order valence-electron chi connectivity index (χ2n) is 6.38. The Morgan fingerprint density at radius 2 is 1.88 bits per heavy atom. The van der Waals surface area contributed by atoms with Gasteiger partial charge < -0.3 is 16.0 Å². The summed E-state index contributed by atoms with van der Waals surface area (Å²) in [5.74, 6) is 0.563. The van der Waals surface area contributed by atoms with Gasteiger partial charge in [0, 0.05) is 18.7 Å². The Hall–Kier alpha value is -2.20. The Bertz CT molecular complexity index is 725. The van der Waals surface area contributed by atoms with Crippen molar-refractivity contribution in [2.24, 2.45) is 5.92 Å². The van der Waals surface area contributed by atoms with Crippen LogP contribution in [-0.4, -0.2) is 19.0 Å². The molecule has 1 heterocycles. The topological polar surface area (TPSA) is 58.4 Å². The molecule has 1 aliphatic rings. The molecule has 1 aliphatic heterocycles. The van der Waals surface area contributed by atoms with E-state index >= 15 is 0 Å². The number of rotatable bonds is 3. The predicted molar refractivity (Wildman–Crippen MR) is 101 cm³/mol. The lowest BCUT2D eigenvalue weighted by atomic mass is 9.98. The summed E-state index contributed by atoms with van der Waals surface area (Å²) in [6.45, 7) is 4.21. The number of nitrogens with two attached hydrogens (primary N) is 1. The molecule has 24 heavy (non-hydrogen) atoms. The number of hydrogen-bond acceptors (Lipinski definition) is 3. The normalized spacial score (nSPS) is 15.3. The minimum absolute atomic E-state index is 0.180. The molecule has 126 valence electrons. The molecular formula is C19H22ClN3O. The maximum atomic E-state index is 12.4. The van der Waals surface area contributed by atoms with Crippen LogP contribution < -0.4 is 16.0 Å². The van der Waals surface area contributed by atoms with Crippen LogP contribution in [0.5, 0.6) is 0 Å². The third-order valence-corrected chi connectivity index (χ3v) is 4.84. The van der Waals surface area contributed by atoms with Crippen LogP contribution in [-0.2, 0) is 0 Å². The monoisotopic (exact) mass is 343 g/mol. The van der Waals surface area contributed by atoms with Crippen molar-refractivity contribution in [2.45, 2.75) is 19.8 Å². The molecule has 0 spiro atoms. The van der Waals surface area contributed by atoms with Crippen LogP contribution >= 0.6 is 11.6 Å². The first kappa shape index (κ1) is 16.7. The number of halogens is 1. The first-order valence-electron chi connectivity index (χ1n) is 8.25. The van der Waals surface area contributed by atoms with Gasteiger partial charge in [-0.05, 0) is 43.0 Å². The van der Waals surface area contributed by atoms with E-state index in [0.717, 1.165) is 37.5 Å². The summed E-state index contributed by atoms with van der Waals surface area (Å²) in [4.78, 5) is 14.6. The summed E-state index contributed by atoms with van der Waals surface area (Å²) >= 11 is 6.28. The number of carbonyl (C=O) groups excluding carboxylic acids is 1. The number of benzene rings is 2. The largest absolute Gasteiger partial charge is 0.397 e. The fraction of sp³-hybridized carbons (Fsp3) is 0.316. The lowest BCUT2D eigenvalue weighted by Crippen LogP contribution is -2.33. The average Bonchev–Trinajstić information content (AvgIpc) is 2.59. The SMILES string of the molecule is CC1CCN(c2cc(NC(=O)c3ccccc3)c(Cl)cc2N)CC1. The molecule has 2 aromatic carbocycles. The van der Waals surface area contributed by atoms with Gasteiger partial charge in [-0.3, -0.25) is 4.79 Å². The summed E-state index contributed by atoms with van der Waals surface area (Å²) in [6.07, 6.45) is 2.29. The van der Waals surface area contributed by atoms with Gasteiger partial charge in [0.1, 0.15) is 0 Å². The zero-order valence-electron chi connectivity index (χ0n) is 13.8. The van der Waals surface area contributed by atoms with E-state index in [-0.39, 0.29) is 5.91 Å². The van der Waals surface area contributed by atoms with Crippen molar-refractivity contribution in [3.05, 3.63) is 53.1 Å². The number of nitrogens with one attached hydrogen (secondary N) is 1. The lowest BCUT2D eigenvalue weighted by Gasteiger charge is -2.33. The molecule has 3 N–H and O–H groups in total. The highest BCUT2D eigenvalue weighted by Crippen LogP contribution is 2.35. The predicted octanol–water partition coefficient (Wildman–Crippen LogP) is 4.41. The molecule has 4 nitrogen and oxygen atoms in total. The Morgan fingerprint density at radius 1 is 1.21 bits per heavy atom. The van der Waals surface area contributed by atoms with Crippen molar-refractivity contribution in [1.29, 1.82) is 0 Å². The summed E-state index contributed by atoms with van der Waals surface area (Å²) in [6, 6.07) is 12.7. The number of piperidine rings is 1. The van der Waals surface area contributed by atoms with Gasteiger partial charge >= 0.3 is 0 Å². The van der Waals surface area contributed by atoms with E-state index in [1.165, 1.54) is 0 Å². The quantitative estimate of drug-likeness (QED) is 0.811. The Kier molecular flexibility index (Phi) is 4.95. The molecule has 0 unspecified atom stereocenters. The highest BCUT2D eigenvalue weighted by Gasteiger charge is 2.19. The van der Waals surface area contributed by atoms with E-state index in [2.05, 4.69) is 17.1 Å². The highest BCUT2D eigenvalue weighted by atomic mass is 35.5. The second-order valence-corrected chi connectivity index (χ2v) is 6.79. The van der Waals surface area contributed by atoms with E-state index in [9.17, 15) is 4.79 Å². The number of carbonyl (C=O) groups is 1. The maximum absolute atomic E-state index is 12.4. The van der Waals surface area contributed by atoms with Crippen LogP contribution in [0.15, 0.2) is 42.5 Å². The van der Waals surface area contributed by atoms with Crippen LogP contribution in [0, 0.1) is 5.92 Å². The minimum Gasteiger partial charge on any atom is -0.397 e. The molecule has 1 amide bonds. The minimum atomic E-state index is -0.180. The van der Waals surface area contributed by atoms with Crippen molar-refractivity contribution in [2.75, 3.05) is 29.0 Å². The number of amides is 1.